The lowest BCUT2D eigenvalue weighted by molar-refractivity contribution is 0.228. The van der Waals surface area contributed by atoms with E-state index in [1.54, 1.807) is 6.26 Å². The number of hydrogen-bond donors (Lipinski definition) is 1. The first-order chi connectivity index (χ1) is 9.96. The molecule has 0 bridgehead atoms. The molecule has 2 aromatic rings. The molecule has 0 aromatic carbocycles. The lowest BCUT2D eigenvalue weighted by Crippen LogP contribution is -2.34. The molecule has 0 amide bonds. The van der Waals surface area contributed by atoms with Gasteiger partial charge in [0.25, 0.3) is 0 Å². The monoisotopic (exact) mass is 290 g/mol. The Balaban J connectivity index is 1.88. The van der Waals surface area contributed by atoms with Crippen LogP contribution < -0.4 is 5.32 Å². The van der Waals surface area contributed by atoms with Gasteiger partial charge in [0, 0.05) is 17.6 Å². The second kappa shape index (κ2) is 6.96. The van der Waals surface area contributed by atoms with Crippen LogP contribution in [0.25, 0.3) is 0 Å². The molecule has 21 heavy (non-hydrogen) atoms. The summed E-state index contributed by atoms with van der Waals surface area (Å²) in [6, 6.07) is 6.05. The molecule has 4 heteroatoms. The molecule has 2 heterocycles. The molecule has 0 fully saturated rings. The highest BCUT2D eigenvalue weighted by Gasteiger charge is 2.12. The smallest absolute Gasteiger partial charge is 0.118 e. The maximum atomic E-state index is 5.67. The van der Waals surface area contributed by atoms with E-state index in [0.29, 0.717) is 0 Å². The van der Waals surface area contributed by atoms with Gasteiger partial charge in [-0.05, 0) is 45.5 Å². The summed E-state index contributed by atoms with van der Waals surface area (Å²) in [5, 5.41) is 3.47. The maximum Gasteiger partial charge on any atom is 0.118 e. The summed E-state index contributed by atoms with van der Waals surface area (Å²) in [6.07, 6.45) is 3.56. The Kier molecular flexibility index (Phi) is 5.26. The van der Waals surface area contributed by atoms with Gasteiger partial charge in [-0.1, -0.05) is 6.92 Å². The second-order valence-electron chi connectivity index (χ2n) is 6.41. The van der Waals surface area contributed by atoms with Crippen molar-refractivity contribution in [2.24, 2.45) is 0 Å². The topological polar surface area (TPSA) is 41.6 Å². The number of rotatable bonds is 7. The predicted molar refractivity (Wildman–Crippen MR) is 83.8 cm³/mol. The molecule has 0 aliphatic rings. The molecule has 0 radical (unpaired) electrons. The van der Waals surface area contributed by atoms with Gasteiger partial charge in [-0.3, -0.25) is 4.90 Å². The van der Waals surface area contributed by atoms with Crippen LogP contribution in [0, 0.1) is 0 Å². The molecule has 1 N–H and O–H groups in total. The fraction of sp³-hybridized carbons (Fsp3) is 0.529. The molecule has 0 spiro atoms. The van der Waals surface area contributed by atoms with Crippen molar-refractivity contribution in [3.8, 4) is 0 Å². The van der Waals surface area contributed by atoms with Crippen molar-refractivity contribution in [3.63, 3.8) is 0 Å². The minimum absolute atomic E-state index is 0.117. The summed E-state index contributed by atoms with van der Waals surface area (Å²) in [6.45, 7) is 12.0. The van der Waals surface area contributed by atoms with Gasteiger partial charge in [-0.2, -0.15) is 0 Å². The molecule has 0 saturated heterocycles. The van der Waals surface area contributed by atoms with Crippen molar-refractivity contribution in [1.82, 2.24) is 10.2 Å². The van der Waals surface area contributed by atoms with Crippen molar-refractivity contribution in [3.05, 3.63) is 47.8 Å². The summed E-state index contributed by atoms with van der Waals surface area (Å²) in [5.41, 5.74) is 1.31. The molecular weight excluding hydrogens is 264 g/mol. The molecule has 116 valence electrons. The van der Waals surface area contributed by atoms with Gasteiger partial charge < -0.3 is 14.2 Å². The van der Waals surface area contributed by atoms with E-state index in [1.165, 1.54) is 5.56 Å². The van der Waals surface area contributed by atoms with Gasteiger partial charge in [-0.15, -0.1) is 0 Å². The molecular formula is C17H26N2O2. The Hall–Kier alpha value is -1.52. The minimum atomic E-state index is 0.117. The Morgan fingerprint density at radius 3 is 2.52 bits per heavy atom. The fourth-order valence-corrected chi connectivity index (χ4v) is 2.09. The average Bonchev–Trinajstić information content (AvgIpc) is 3.06. The van der Waals surface area contributed by atoms with Crippen LogP contribution in [0.2, 0.25) is 0 Å². The Morgan fingerprint density at radius 2 is 1.90 bits per heavy atom. The van der Waals surface area contributed by atoms with Crippen molar-refractivity contribution < 1.29 is 8.83 Å². The largest absolute Gasteiger partial charge is 0.468 e. The summed E-state index contributed by atoms with van der Waals surface area (Å²) in [5.74, 6) is 1.98. The van der Waals surface area contributed by atoms with E-state index in [0.717, 1.165) is 37.7 Å². The molecule has 0 atom stereocenters. The third kappa shape index (κ3) is 5.40. The first-order valence-electron chi connectivity index (χ1n) is 7.52. The van der Waals surface area contributed by atoms with Crippen LogP contribution in [-0.4, -0.2) is 17.0 Å². The van der Waals surface area contributed by atoms with Crippen molar-refractivity contribution >= 4 is 0 Å². The van der Waals surface area contributed by atoms with Gasteiger partial charge in [0.1, 0.15) is 11.5 Å². The normalized spacial score (nSPS) is 12.2. The maximum absolute atomic E-state index is 5.67. The number of nitrogens with one attached hydrogen (secondary N) is 1. The average molecular weight is 290 g/mol. The van der Waals surface area contributed by atoms with Crippen LogP contribution in [0.5, 0.6) is 0 Å². The summed E-state index contributed by atoms with van der Waals surface area (Å²) in [4.78, 5) is 2.29. The standard InChI is InChI=1S/C17H26N2O2/c1-5-19(11-15-7-6-8-20-15)12-16-9-14(13-21-16)10-18-17(2,3)4/h6-9,13,18H,5,10-12H2,1-4H3. The fourth-order valence-electron chi connectivity index (χ4n) is 2.09. The zero-order chi connectivity index (χ0) is 15.3. The molecule has 0 aliphatic carbocycles. The lowest BCUT2D eigenvalue weighted by Gasteiger charge is -2.19. The van der Waals surface area contributed by atoms with Gasteiger partial charge in [0.05, 0.1) is 25.6 Å². The van der Waals surface area contributed by atoms with Gasteiger partial charge in [0.2, 0.25) is 0 Å². The van der Waals surface area contributed by atoms with E-state index in [4.69, 9.17) is 8.83 Å². The third-order valence-corrected chi connectivity index (χ3v) is 3.32. The van der Waals surface area contributed by atoms with Gasteiger partial charge in [-0.25, -0.2) is 0 Å². The second-order valence-corrected chi connectivity index (χ2v) is 6.41. The molecule has 0 saturated carbocycles. The zero-order valence-electron chi connectivity index (χ0n) is 13.5. The molecule has 4 nitrogen and oxygen atoms in total. The summed E-state index contributed by atoms with van der Waals surface area (Å²) < 4.78 is 11.1. The quantitative estimate of drug-likeness (QED) is 0.842. The van der Waals surface area contributed by atoms with Crippen molar-refractivity contribution in [2.75, 3.05) is 6.54 Å². The van der Waals surface area contributed by atoms with E-state index in [1.807, 2.05) is 18.4 Å². The molecule has 2 aromatic heterocycles. The van der Waals surface area contributed by atoms with Gasteiger partial charge in [0.15, 0.2) is 0 Å². The highest BCUT2D eigenvalue weighted by Crippen LogP contribution is 2.14. The van der Waals surface area contributed by atoms with Crippen molar-refractivity contribution in [1.29, 1.82) is 0 Å². The van der Waals surface area contributed by atoms with Crippen LogP contribution in [-0.2, 0) is 19.6 Å². The van der Waals surface area contributed by atoms with E-state index in [9.17, 15) is 0 Å². The van der Waals surface area contributed by atoms with Crippen LogP contribution >= 0.6 is 0 Å². The Bertz CT molecular complexity index is 523. The predicted octanol–water partition coefficient (Wildman–Crippen LogP) is 3.78. The first-order valence-corrected chi connectivity index (χ1v) is 7.52. The van der Waals surface area contributed by atoms with Crippen LogP contribution in [0.3, 0.4) is 0 Å². The van der Waals surface area contributed by atoms with Crippen LogP contribution in [0.15, 0.2) is 39.6 Å². The Labute approximate surface area is 127 Å². The third-order valence-electron chi connectivity index (χ3n) is 3.32. The SMILES string of the molecule is CCN(Cc1ccco1)Cc1cc(CNC(C)(C)C)co1. The van der Waals surface area contributed by atoms with Crippen LogP contribution in [0.4, 0.5) is 0 Å². The van der Waals surface area contributed by atoms with E-state index in [-0.39, 0.29) is 5.54 Å². The lowest BCUT2D eigenvalue weighted by atomic mass is 10.1. The van der Waals surface area contributed by atoms with E-state index >= 15 is 0 Å². The van der Waals surface area contributed by atoms with Crippen LogP contribution in [0.1, 0.15) is 44.8 Å². The van der Waals surface area contributed by atoms with E-state index in [2.05, 4.69) is 44.0 Å². The van der Waals surface area contributed by atoms with E-state index < -0.39 is 0 Å². The molecule has 0 aliphatic heterocycles. The summed E-state index contributed by atoms with van der Waals surface area (Å²) in [7, 11) is 0. The van der Waals surface area contributed by atoms with Crippen molar-refractivity contribution in [2.45, 2.75) is 52.9 Å². The molecule has 2 rings (SSSR count). The number of nitrogens with zero attached hydrogens (tertiary/aromatic N) is 1. The molecule has 0 unspecified atom stereocenters. The number of hydrogen-bond acceptors (Lipinski definition) is 4. The summed E-state index contributed by atoms with van der Waals surface area (Å²) >= 11 is 0. The Morgan fingerprint density at radius 1 is 1.14 bits per heavy atom. The first kappa shape index (κ1) is 15.9. The zero-order valence-corrected chi connectivity index (χ0v) is 13.5. The highest BCUT2D eigenvalue weighted by molar-refractivity contribution is 5.13. The van der Waals surface area contributed by atoms with Gasteiger partial charge >= 0.3 is 0 Å². The minimum Gasteiger partial charge on any atom is -0.468 e. The number of furan rings is 2. The highest BCUT2D eigenvalue weighted by atomic mass is 16.3.